The summed E-state index contributed by atoms with van der Waals surface area (Å²) in [4.78, 5) is 0. The van der Waals surface area contributed by atoms with E-state index in [1.165, 1.54) is 0 Å². The van der Waals surface area contributed by atoms with Crippen LogP contribution in [0.1, 0.15) is 38.8 Å². The third-order valence-electron chi connectivity index (χ3n) is 3.69. The highest BCUT2D eigenvalue weighted by molar-refractivity contribution is 5.89. The molecule has 20 heavy (non-hydrogen) atoms. The summed E-state index contributed by atoms with van der Waals surface area (Å²) in [6, 6.07) is 12.0. The molecule has 0 aromatic heterocycles. The quantitative estimate of drug-likeness (QED) is 0.878. The first-order chi connectivity index (χ1) is 9.44. The van der Waals surface area contributed by atoms with Gasteiger partial charge in [-0.25, -0.2) is 0 Å². The van der Waals surface area contributed by atoms with Crippen molar-refractivity contribution in [2.45, 2.75) is 38.8 Å². The molecule has 2 atom stereocenters. The number of fused-ring (bicyclic) bond motifs is 1. The van der Waals surface area contributed by atoms with Crippen molar-refractivity contribution in [3.05, 3.63) is 42.0 Å². The van der Waals surface area contributed by atoms with Gasteiger partial charge >= 0.3 is 0 Å². The Hall–Kier alpha value is -1.58. The molecule has 2 rings (SSSR count). The van der Waals surface area contributed by atoms with Crippen LogP contribution in [-0.4, -0.2) is 17.3 Å². The summed E-state index contributed by atoms with van der Waals surface area (Å²) in [6.45, 7) is 5.93. The molecule has 0 heterocycles. The lowest BCUT2D eigenvalue weighted by Crippen LogP contribution is -2.31. The van der Waals surface area contributed by atoms with Crippen molar-refractivity contribution in [3.63, 3.8) is 0 Å². The van der Waals surface area contributed by atoms with Gasteiger partial charge in [0.25, 0.3) is 0 Å². The minimum absolute atomic E-state index is 0.110. The second-order valence-electron chi connectivity index (χ2n) is 5.63. The predicted octanol–water partition coefficient (Wildman–Crippen LogP) is 3.40. The van der Waals surface area contributed by atoms with Crippen molar-refractivity contribution in [3.8, 4) is 5.75 Å². The van der Waals surface area contributed by atoms with Crippen molar-refractivity contribution in [1.82, 2.24) is 0 Å². The summed E-state index contributed by atoms with van der Waals surface area (Å²) < 4.78 is 5.94. The summed E-state index contributed by atoms with van der Waals surface area (Å²) in [7, 11) is 0. The first-order valence-electron chi connectivity index (χ1n) is 7.07. The van der Waals surface area contributed by atoms with Gasteiger partial charge in [0.2, 0.25) is 0 Å². The zero-order chi connectivity index (χ0) is 14.8. The molecule has 0 fully saturated rings. The number of benzene rings is 2. The van der Waals surface area contributed by atoms with E-state index >= 15 is 0 Å². The fourth-order valence-corrected chi connectivity index (χ4v) is 2.11. The molecule has 0 radical (unpaired) electrons. The Morgan fingerprint density at radius 2 is 1.95 bits per heavy atom. The second kappa shape index (κ2) is 5.81. The molecule has 2 aromatic carbocycles. The van der Waals surface area contributed by atoms with Crippen LogP contribution in [0, 0.1) is 0 Å². The van der Waals surface area contributed by atoms with Gasteiger partial charge in [-0.05, 0) is 25.7 Å². The van der Waals surface area contributed by atoms with Crippen LogP contribution in [0.5, 0.6) is 5.75 Å². The smallest absolute Gasteiger partial charge is 0.132 e. The van der Waals surface area contributed by atoms with Crippen molar-refractivity contribution in [2.24, 2.45) is 5.73 Å². The maximum absolute atomic E-state index is 10.1. The molecule has 0 aliphatic heterocycles. The summed E-state index contributed by atoms with van der Waals surface area (Å²) >= 11 is 0. The Kier molecular flexibility index (Phi) is 4.31. The van der Waals surface area contributed by atoms with Crippen LogP contribution < -0.4 is 10.5 Å². The number of aliphatic hydroxyl groups is 1. The summed E-state index contributed by atoms with van der Waals surface area (Å²) in [5.41, 5.74) is 6.18. The summed E-state index contributed by atoms with van der Waals surface area (Å²) in [6.07, 6.45) is 0.644. The van der Waals surface area contributed by atoms with Crippen LogP contribution >= 0.6 is 0 Å². The van der Waals surface area contributed by atoms with Gasteiger partial charge in [0.1, 0.15) is 12.4 Å². The first-order valence-corrected chi connectivity index (χ1v) is 7.07. The maximum Gasteiger partial charge on any atom is 0.132 e. The number of ether oxygens (including phenoxy) is 1. The zero-order valence-electron chi connectivity index (χ0n) is 12.4. The lowest BCUT2D eigenvalue weighted by Gasteiger charge is -2.24. The van der Waals surface area contributed by atoms with E-state index in [1.54, 1.807) is 6.92 Å². The van der Waals surface area contributed by atoms with Gasteiger partial charge in [0.15, 0.2) is 0 Å². The van der Waals surface area contributed by atoms with Crippen LogP contribution in [0.25, 0.3) is 10.8 Å². The molecule has 3 nitrogen and oxygen atoms in total. The molecular formula is C17H23NO2. The van der Waals surface area contributed by atoms with E-state index in [4.69, 9.17) is 10.5 Å². The largest absolute Gasteiger partial charge is 0.490 e. The molecule has 108 valence electrons. The minimum Gasteiger partial charge on any atom is -0.490 e. The van der Waals surface area contributed by atoms with E-state index in [1.807, 2.05) is 44.2 Å². The molecule has 0 aliphatic carbocycles. The van der Waals surface area contributed by atoms with E-state index in [0.717, 1.165) is 22.1 Å². The van der Waals surface area contributed by atoms with E-state index in [9.17, 15) is 5.11 Å². The van der Waals surface area contributed by atoms with Gasteiger partial charge in [0.05, 0.1) is 5.60 Å². The zero-order valence-corrected chi connectivity index (χ0v) is 12.4. The van der Waals surface area contributed by atoms with E-state index in [-0.39, 0.29) is 12.6 Å². The SMILES string of the molecule is CCC(C)(O)COc1c(C(C)N)ccc2ccccc12. The Morgan fingerprint density at radius 1 is 1.25 bits per heavy atom. The molecule has 2 unspecified atom stereocenters. The van der Waals surface area contributed by atoms with Crippen LogP contribution in [0.3, 0.4) is 0 Å². The van der Waals surface area contributed by atoms with E-state index in [2.05, 4.69) is 6.07 Å². The van der Waals surface area contributed by atoms with Crippen molar-refractivity contribution in [1.29, 1.82) is 0 Å². The average Bonchev–Trinajstić information content (AvgIpc) is 2.44. The lowest BCUT2D eigenvalue weighted by molar-refractivity contribution is 0.00861. The van der Waals surface area contributed by atoms with Crippen LogP contribution in [-0.2, 0) is 0 Å². The van der Waals surface area contributed by atoms with Crippen LogP contribution in [0.15, 0.2) is 36.4 Å². The van der Waals surface area contributed by atoms with Crippen LogP contribution in [0.2, 0.25) is 0 Å². The molecule has 0 saturated heterocycles. The number of hydrogen-bond acceptors (Lipinski definition) is 3. The molecule has 0 amide bonds. The Labute approximate surface area is 120 Å². The first kappa shape index (κ1) is 14.8. The number of nitrogens with two attached hydrogens (primary N) is 1. The molecule has 2 aromatic rings. The predicted molar refractivity (Wildman–Crippen MR) is 83.0 cm³/mol. The van der Waals surface area contributed by atoms with Gasteiger partial charge in [-0.3, -0.25) is 0 Å². The van der Waals surface area contributed by atoms with Crippen molar-refractivity contribution < 1.29 is 9.84 Å². The summed E-state index contributed by atoms with van der Waals surface area (Å²) in [5, 5.41) is 12.3. The maximum atomic E-state index is 10.1. The highest BCUT2D eigenvalue weighted by Gasteiger charge is 2.20. The molecule has 3 N–H and O–H groups in total. The van der Waals surface area contributed by atoms with Crippen LogP contribution in [0.4, 0.5) is 0 Å². The molecule has 0 saturated carbocycles. The fourth-order valence-electron chi connectivity index (χ4n) is 2.11. The monoisotopic (exact) mass is 273 g/mol. The van der Waals surface area contributed by atoms with E-state index < -0.39 is 5.60 Å². The number of hydrogen-bond donors (Lipinski definition) is 2. The minimum atomic E-state index is -0.827. The van der Waals surface area contributed by atoms with Gasteiger partial charge in [-0.1, -0.05) is 43.3 Å². The molecule has 0 aliphatic rings. The molecule has 3 heteroatoms. The Bertz CT molecular complexity index is 591. The van der Waals surface area contributed by atoms with Crippen molar-refractivity contribution in [2.75, 3.05) is 6.61 Å². The van der Waals surface area contributed by atoms with Gasteiger partial charge in [-0.2, -0.15) is 0 Å². The lowest BCUT2D eigenvalue weighted by atomic mass is 10.0. The topological polar surface area (TPSA) is 55.5 Å². The normalized spacial score (nSPS) is 15.8. The number of rotatable bonds is 5. The Morgan fingerprint density at radius 3 is 2.60 bits per heavy atom. The Balaban J connectivity index is 2.44. The molecular weight excluding hydrogens is 250 g/mol. The van der Waals surface area contributed by atoms with Crippen molar-refractivity contribution >= 4 is 10.8 Å². The summed E-state index contributed by atoms with van der Waals surface area (Å²) in [5.74, 6) is 0.784. The fraction of sp³-hybridized carbons (Fsp3) is 0.412. The highest BCUT2D eigenvalue weighted by Crippen LogP contribution is 2.33. The highest BCUT2D eigenvalue weighted by atomic mass is 16.5. The van der Waals surface area contributed by atoms with Gasteiger partial charge in [0, 0.05) is 17.0 Å². The molecule has 0 spiro atoms. The molecule has 0 bridgehead atoms. The second-order valence-corrected chi connectivity index (χ2v) is 5.63. The standard InChI is InChI=1S/C17H23NO2/c1-4-17(3,19)11-20-16-14(12(2)18)10-9-13-7-5-6-8-15(13)16/h5-10,12,19H,4,11,18H2,1-3H3. The van der Waals surface area contributed by atoms with Gasteiger partial charge < -0.3 is 15.6 Å². The van der Waals surface area contributed by atoms with E-state index in [0.29, 0.717) is 6.42 Å². The average molecular weight is 273 g/mol. The third kappa shape index (κ3) is 3.11. The third-order valence-corrected chi connectivity index (χ3v) is 3.69. The van der Waals surface area contributed by atoms with Gasteiger partial charge in [-0.15, -0.1) is 0 Å².